The van der Waals surface area contributed by atoms with Crippen LogP contribution in [-0.4, -0.2) is 22.9 Å². The number of nitriles is 1. The molecule has 0 saturated heterocycles. The summed E-state index contributed by atoms with van der Waals surface area (Å²) in [6.07, 6.45) is 1.45. The summed E-state index contributed by atoms with van der Waals surface area (Å²) in [6.45, 7) is 0.914. The number of ether oxygens (including phenoxy) is 1. The zero-order valence-electron chi connectivity index (χ0n) is 11.1. The van der Waals surface area contributed by atoms with E-state index in [9.17, 15) is 4.79 Å². The Kier molecular flexibility index (Phi) is 4.93. The molecule has 2 N–H and O–H groups in total. The van der Waals surface area contributed by atoms with Crippen LogP contribution < -0.4 is 16.0 Å². The maximum Gasteiger partial charge on any atom is 0.270 e. The van der Waals surface area contributed by atoms with Crippen LogP contribution >= 0.6 is 11.6 Å². The first-order chi connectivity index (χ1) is 10.1. The second kappa shape index (κ2) is 6.88. The van der Waals surface area contributed by atoms with Crippen molar-refractivity contribution in [3.8, 4) is 11.8 Å². The highest BCUT2D eigenvalue weighted by Gasteiger charge is 2.06. The van der Waals surface area contributed by atoms with Crippen LogP contribution in [0.15, 0.2) is 35.3 Å². The van der Waals surface area contributed by atoms with Crippen LogP contribution in [0.1, 0.15) is 11.1 Å². The Labute approximate surface area is 126 Å². The minimum absolute atomic E-state index is 0.223. The lowest BCUT2D eigenvalue weighted by Gasteiger charge is -2.08. The molecule has 0 aliphatic heterocycles. The van der Waals surface area contributed by atoms with Crippen molar-refractivity contribution in [2.45, 2.75) is 6.54 Å². The highest BCUT2D eigenvalue weighted by Crippen LogP contribution is 2.18. The lowest BCUT2D eigenvalue weighted by Crippen LogP contribution is -2.23. The summed E-state index contributed by atoms with van der Waals surface area (Å²) in [5.41, 5.74) is 6.20. The smallest absolute Gasteiger partial charge is 0.270 e. The Morgan fingerprint density at radius 2 is 2.24 bits per heavy atom. The standard InChI is InChI=1S/C14H13ClN4O2/c15-13-5-10(7-17)1-2-11(13)9-19-14(20)6-12(8-18-19)21-4-3-16/h1-2,5-6,8H,3-4,9,16H2. The van der Waals surface area contributed by atoms with Gasteiger partial charge in [-0.25, -0.2) is 4.68 Å². The molecule has 108 valence electrons. The summed E-state index contributed by atoms with van der Waals surface area (Å²) in [7, 11) is 0. The number of aromatic nitrogens is 2. The Hall–Kier alpha value is -2.36. The fourth-order valence-corrected chi connectivity index (χ4v) is 1.94. The molecule has 0 spiro atoms. The Bertz CT molecular complexity index is 736. The van der Waals surface area contributed by atoms with Crippen molar-refractivity contribution in [2.24, 2.45) is 5.73 Å². The van der Waals surface area contributed by atoms with Crippen LogP contribution in [-0.2, 0) is 6.54 Å². The normalized spacial score (nSPS) is 10.1. The van der Waals surface area contributed by atoms with Crippen molar-refractivity contribution in [3.63, 3.8) is 0 Å². The van der Waals surface area contributed by atoms with E-state index in [-0.39, 0.29) is 12.1 Å². The van der Waals surface area contributed by atoms with Crippen LogP contribution in [0.3, 0.4) is 0 Å². The van der Waals surface area contributed by atoms with Gasteiger partial charge < -0.3 is 10.5 Å². The predicted molar refractivity (Wildman–Crippen MR) is 78.3 cm³/mol. The second-order valence-electron chi connectivity index (χ2n) is 4.24. The van der Waals surface area contributed by atoms with Crippen LogP contribution in [0.4, 0.5) is 0 Å². The first-order valence-corrected chi connectivity index (χ1v) is 6.60. The third kappa shape index (κ3) is 3.81. The van der Waals surface area contributed by atoms with Crippen molar-refractivity contribution in [1.82, 2.24) is 9.78 Å². The van der Waals surface area contributed by atoms with Crippen LogP contribution in [0, 0.1) is 11.3 Å². The Morgan fingerprint density at radius 3 is 2.86 bits per heavy atom. The van der Waals surface area contributed by atoms with E-state index >= 15 is 0 Å². The third-order valence-electron chi connectivity index (χ3n) is 2.73. The molecule has 1 aromatic carbocycles. The number of rotatable bonds is 5. The van der Waals surface area contributed by atoms with Crippen LogP contribution in [0.2, 0.25) is 5.02 Å². The quantitative estimate of drug-likeness (QED) is 0.894. The molecule has 2 rings (SSSR count). The molecule has 0 unspecified atom stereocenters. The average molecular weight is 305 g/mol. The van der Waals surface area contributed by atoms with Gasteiger partial charge in [0.05, 0.1) is 24.4 Å². The van der Waals surface area contributed by atoms with E-state index in [2.05, 4.69) is 5.10 Å². The first-order valence-electron chi connectivity index (χ1n) is 6.22. The van der Waals surface area contributed by atoms with E-state index in [4.69, 9.17) is 27.3 Å². The molecule has 0 atom stereocenters. The third-order valence-corrected chi connectivity index (χ3v) is 3.09. The minimum atomic E-state index is -0.301. The van der Waals surface area contributed by atoms with Crippen molar-refractivity contribution in [2.75, 3.05) is 13.2 Å². The molecule has 21 heavy (non-hydrogen) atoms. The van der Waals surface area contributed by atoms with Gasteiger partial charge in [-0.1, -0.05) is 17.7 Å². The highest BCUT2D eigenvalue weighted by molar-refractivity contribution is 6.31. The summed E-state index contributed by atoms with van der Waals surface area (Å²) >= 11 is 6.08. The summed E-state index contributed by atoms with van der Waals surface area (Å²) < 4.78 is 6.50. The molecule has 1 heterocycles. The van der Waals surface area contributed by atoms with E-state index < -0.39 is 0 Å². The lowest BCUT2D eigenvalue weighted by atomic mass is 10.1. The molecule has 0 amide bonds. The Morgan fingerprint density at radius 1 is 1.43 bits per heavy atom. The fourth-order valence-electron chi connectivity index (χ4n) is 1.70. The van der Waals surface area contributed by atoms with E-state index in [0.717, 1.165) is 0 Å². The van der Waals surface area contributed by atoms with Crippen molar-refractivity contribution >= 4 is 11.6 Å². The van der Waals surface area contributed by atoms with Crippen LogP contribution in [0.25, 0.3) is 0 Å². The average Bonchev–Trinajstić information content (AvgIpc) is 2.49. The van der Waals surface area contributed by atoms with E-state index in [1.165, 1.54) is 16.9 Å². The molecular weight excluding hydrogens is 292 g/mol. The molecule has 6 nitrogen and oxygen atoms in total. The maximum atomic E-state index is 11.9. The van der Waals surface area contributed by atoms with Gasteiger partial charge in [-0.3, -0.25) is 4.79 Å². The SMILES string of the molecule is N#Cc1ccc(Cn2ncc(OCCN)cc2=O)c(Cl)c1. The van der Waals surface area contributed by atoms with Gasteiger partial charge >= 0.3 is 0 Å². The number of halogens is 1. The van der Waals surface area contributed by atoms with Crippen molar-refractivity contribution < 1.29 is 4.74 Å². The monoisotopic (exact) mass is 304 g/mol. The lowest BCUT2D eigenvalue weighted by molar-refractivity contribution is 0.324. The topological polar surface area (TPSA) is 93.9 Å². The summed E-state index contributed by atoms with van der Waals surface area (Å²) in [5.74, 6) is 0.382. The number of benzene rings is 1. The van der Waals surface area contributed by atoms with Crippen molar-refractivity contribution in [3.05, 3.63) is 57.0 Å². The van der Waals surface area contributed by atoms with Gasteiger partial charge in [0.1, 0.15) is 12.4 Å². The Balaban J connectivity index is 2.20. The summed E-state index contributed by atoms with van der Waals surface area (Å²) in [5, 5.41) is 13.2. The molecule has 0 aliphatic rings. The molecule has 0 fully saturated rings. The van der Waals surface area contributed by atoms with Crippen molar-refractivity contribution in [1.29, 1.82) is 5.26 Å². The number of hydrogen-bond acceptors (Lipinski definition) is 5. The summed E-state index contributed by atoms with van der Waals surface area (Å²) in [4.78, 5) is 11.9. The minimum Gasteiger partial charge on any atom is -0.490 e. The van der Waals surface area contributed by atoms with Crippen LogP contribution in [0.5, 0.6) is 5.75 Å². The van der Waals surface area contributed by atoms with Gasteiger partial charge in [0, 0.05) is 17.6 Å². The van der Waals surface area contributed by atoms with Gasteiger partial charge in [-0.05, 0) is 17.7 Å². The number of nitrogens with two attached hydrogens (primary N) is 1. The second-order valence-corrected chi connectivity index (χ2v) is 4.65. The van der Waals surface area contributed by atoms with Gasteiger partial charge in [0.2, 0.25) is 0 Å². The largest absolute Gasteiger partial charge is 0.490 e. The molecule has 2 aromatic rings. The molecule has 0 aliphatic carbocycles. The predicted octanol–water partition coefficient (Wildman–Crippen LogP) is 1.15. The summed E-state index contributed by atoms with van der Waals surface area (Å²) in [6, 6.07) is 8.25. The first kappa shape index (κ1) is 15.0. The van der Waals surface area contributed by atoms with Gasteiger partial charge in [0.25, 0.3) is 5.56 Å². The molecule has 0 bridgehead atoms. The van der Waals surface area contributed by atoms with E-state index in [1.54, 1.807) is 18.2 Å². The van der Waals surface area contributed by atoms with Gasteiger partial charge in [-0.15, -0.1) is 0 Å². The highest BCUT2D eigenvalue weighted by atomic mass is 35.5. The number of hydrogen-bond donors (Lipinski definition) is 1. The zero-order chi connectivity index (χ0) is 15.2. The van der Waals surface area contributed by atoms with Gasteiger partial charge in [0.15, 0.2) is 0 Å². The zero-order valence-corrected chi connectivity index (χ0v) is 11.9. The van der Waals surface area contributed by atoms with E-state index in [1.807, 2.05) is 6.07 Å². The molecule has 7 heteroatoms. The molecular formula is C14H13ClN4O2. The van der Waals surface area contributed by atoms with E-state index in [0.29, 0.717) is 35.1 Å². The number of nitrogens with zero attached hydrogens (tertiary/aromatic N) is 3. The fraction of sp³-hybridized carbons (Fsp3) is 0.214. The maximum absolute atomic E-state index is 11.9. The van der Waals surface area contributed by atoms with Gasteiger partial charge in [-0.2, -0.15) is 10.4 Å². The molecule has 0 saturated carbocycles. The molecule has 0 radical (unpaired) electrons. The molecule has 1 aromatic heterocycles.